The summed E-state index contributed by atoms with van der Waals surface area (Å²) in [6.07, 6.45) is 7.91. The van der Waals surface area contributed by atoms with Gasteiger partial charge in [-0.25, -0.2) is 0 Å². The predicted molar refractivity (Wildman–Crippen MR) is 120 cm³/mol. The van der Waals surface area contributed by atoms with Crippen LogP contribution in [0.5, 0.6) is 0 Å². The summed E-state index contributed by atoms with van der Waals surface area (Å²) in [5.41, 5.74) is 0.125. The number of amides is 1. The fourth-order valence-corrected chi connectivity index (χ4v) is 4.45. The lowest BCUT2D eigenvalue weighted by molar-refractivity contribution is 0.0791. The van der Waals surface area contributed by atoms with Gasteiger partial charge in [-0.05, 0) is 36.6 Å². The van der Waals surface area contributed by atoms with Crippen molar-refractivity contribution >= 4 is 28.9 Å². The van der Waals surface area contributed by atoms with E-state index in [1.165, 1.54) is 11.3 Å². The number of thiophene rings is 1. The first kappa shape index (κ1) is 23.6. The zero-order chi connectivity index (χ0) is 22.8. The maximum atomic E-state index is 13.2. The second kappa shape index (κ2) is 12.1. The molecule has 3 rings (SSSR count). The van der Waals surface area contributed by atoms with E-state index in [4.69, 9.17) is 5.26 Å². The SMILES string of the molecule is N#C/N=C(/NCCCCCCC1CCN(C(=O)c2cccs2)C1)Nc1cc(F)nc(F)c1. The Labute approximate surface area is 190 Å². The van der Waals surface area contributed by atoms with E-state index in [1.54, 1.807) is 6.19 Å². The van der Waals surface area contributed by atoms with Crippen LogP contribution < -0.4 is 10.6 Å². The number of pyridine rings is 1. The quantitative estimate of drug-likeness (QED) is 0.191. The van der Waals surface area contributed by atoms with Gasteiger partial charge >= 0.3 is 0 Å². The van der Waals surface area contributed by atoms with Gasteiger partial charge in [-0.2, -0.15) is 19.0 Å². The summed E-state index contributed by atoms with van der Waals surface area (Å²) in [6.45, 7) is 2.26. The Morgan fingerprint density at radius 2 is 2.06 bits per heavy atom. The van der Waals surface area contributed by atoms with Crippen LogP contribution >= 0.6 is 11.3 Å². The number of nitriles is 1. The van der Waals surface area contributed by atoms with E-state index in [2.05, 4.69) is 20.6 Å². The van der Waals surface area contributed by atoms with Crippen molar-refractivity contribution in [2.24, 2.45) is 10.9 Å². The minimum atomic E-state index is -0.954. The van der Waals surface area contributed by atoms with Crippen LogP contribution in [-0.2, 0) is 0 Å². The van der Waals surface area contributed by atoms with Crippen LogP contribution in [0.2, 0.25) is 0 Å². The summed E-state index contributed by atoms with van der Waals surface area (Å²) in [7, 11) is 0. The number of guanidine groups is 1. The van der Waals surface area contributed by atoms with Crippen molar-refractivity contribution in [1.29, 1.82) is 5.26 Å². The fourth-order valence-electron chi connectivity index (χ4n) is 3.76. The van der Waals surface area contributed by atoms with Crippen molar-refractivity contribution < 1.29 is 13.6 Å². The smallest absolute Gasteiger partial charge is 0.263 e. The van der Waals surface area contributed by atoms with E-state index in [1.807, 2.05) is 22.4 Å². The monoisotopic (exact) mass is 460 g/mol. The molecule has 1 unspecified atom stereocenters. The van der Waals surface area contributed by atoms with Crippen molar-refractivity contribution in [1.82, 2.24) is 15.2 Å². The average molecular weight is 461 g/mol. The molecule has 2 aromatic heterocycles. The molecule has 1 aliphatic rings. The lowest BCUT2D eigenvalue weighted by atomic mass is 10.00. The van der Waals surface area contributed by atoms with E-state index in [0.717, 1.165) is 68.6 Å². The van der Waals surface area contributed by atoms with Crippen molar-refractivity contribution in [3.63, 3.8) is 0 Å². The molecule has 1 aliphatic heterocycles. The van der Waals surface area contributed by atoms with E-state index in [0.29, 0.717) is 12.5 Å². The summed E-state index contributed by atoms with van der Waals surface area (Å²) >= 11 is 1.49. The molecular weight excluding hydrogens is 434 g/mol. The van der Waals surface area contributed by atoms with Crippen LogP contribution in [0.3, 0.4) is 0 Å². The molecule has 1 atom stereocenters. The zero-order valence-electron chi connectivity index (χ0n) is 17.7. The van der Waals surface area contributed by atoms with Crippen LogP contribution in [0.1, 0.15) is 48.2 Å². The molecule has 0 aromatic carbocycles. The van der Waals surface area contributed by atoms with Crippen LogP contribution in [0, 0.1) is 29.3 Å². The highest BCUT2D eigenvalue weighted by Crippen LogP contribution is 2.24. The van der Waals surface area contributed by atoms with Gasteiger partial charge in [0, 0.05) is 37.5 Å². The molecule has 1 fully saturated rings. The highest BCUT2D eigenvalue weighted by molar-refractivity contribution is 7.12. The number of carbonyl (C=O) groups is 1. The fraction of sp³-hybridized carbons (Fsp3) is 0.455. The van der Waals surface area contributed by atoms with Gasteiger partial charge in [0.05, 0.1) is 4.88 Å². The molecular formula is C22H26F2N6OS. The minimum Gasteiger partial charge on any atom is -0.355 e. The zero-order valence-corrected chi connectivity index (χ0v) is 18.5. The lowest BCUT2D eigenvalue weighted by Crippen LogP contribution is -2.31. The highest BCUT2D eigenvalue weighted by atomic mass is 32.1. The van der Waals surface area contributed by atoms with Gasteiger partial charge in [0.2, 0.25) is 24.0 Å². The normalized spacial score (nSPS) is 16.1. The number of unbranched alkanes of at least 4 members (excludes halogenated alkanes) is 3. The minimum absolute atomic E-state index is 0.125. The van der Waals surface area contributed by atoms with Gasteiger partial charge in [0.15, 0.2) is 0 Å². The number of likely N-dealkylation sites (tertiary alicyclic amines) is 1. The first-order valence-corrected chi connectivity index (χ1v) is 11.6. The van der Waals surface area contributed by atoms with Crippen LogP contribution in [-0.4, -0.2) is 41.4 Å². The number of rotatable bonds is 9. The first-order valence-electron chi connectivity index (χ1n) is 10.7. The Morgan fingerprint density at radius 3 is 2.78 bits per heavy atom. The van der Waals surface area contributed by atoms with E-state index < -0.39 is 11.9 Å². The van der Waals surface area contributed by atoms with Crippen molar-refractivity contribution in [2.45, 2.75) is 38.5 Å². The molecule has 32 heavy (non-hydrogen) atoms. The summed E-state index contributed by atoms with van der Waals surface area (Å²) in [5, 5.41) is 16.4. The van der Waals surface area contributed by atoms with Gasteiger partial charge in [0.25, 0.3) is 5.91 Å². The van der Waals surface area contributed by atoms with Crippen LogP contribution in [0.4, 0.5) is 14.5 Å². The Hall–Kier alpha value is -3.06. The first-order chi connectivity index (χ1) is 15.5. The Kier molecular flexibility index (Phi) is 8.92. The van der Waals surface area contributed by atoms with Crippen LogP contribution in [0.25, 0.3) is 0 Å². The maximum absolute atomic E-state index is 13.2. The van der Waals surface area contributed by atoms with Gasteiger partial charge in [-0.15, -0.1) is 16.3 Å². The van der Waals surface area contributed by atoms with Crippen LogP contribution in [0.15, 0.2) is 34.6 Å². The van der Waals surface area contributed by atoms with Crippen molar-refractivity contribution in [3.8, 4) is 6.19 Å². The summed E-state index contributed by atoms with van der Waals surface area (Å²) in [4.78, 5) is 21.8. The number of hydrogen-bond donors (Lipinski definition) is 2. The van der Waals surface area contributed by atoms with Crippen molar-refractivity contribution in [2.75, 3.05) is 25.0 Å². The molecule has 1 saturated heterocycles. The number of nitrogens with zero attached hydrogens (tertiary/aromatic N) is 4. The molecule has 2 aromatic rings. The maximum Gasteiger partial charge on any atom is 0.263 e. The molecule has 7 nitrogen and oxygen atoms in total. The highest BCUT2D eigenvalue weighted by Gasteiger charge is 2.26. The Bertz CT molecular complexity index is 940. The number of halogens is 2. The van der Waals surface area contributed by atoms with Gasteiger partial charge < -0.3 is 15.5 Å². The Balaban J connectivity index is 1.29. The number of anilines is 1. The van der Waals surface area contributed by atoms with Gasteiger partial charge in [0.1, 0.15) is 0 Å². The van der Waals surface area contributed by atoms with E-state index in [-0.39, 0.29) is 17.6 Å². The standard InChI is InChI=1S/C22H26F2N6OS/c23-19-12-17(13-20(24)29-19)28-22(27-15-25)26-9-4-2-1-3-6-16-8-10-30(14-16)21(31)18-7-5-11-32-18/h5,7,11-13,16H,1-4,6,8-10,14H2,(H2,26,27,28,29). The molecule has 0 radical (unpaired) electrons. The molecule has 170 valence electrons. The second-order valence-corrected chi connectivity index (χ2v) is 8.65. The molecule has 0 saturated carbocycles. The predicted octanol–water partition coefficient (Wildman–Crippen LogP) is 4.37. The van der Waals surface area contributed by atoms with Gasteiger partial charge in [-0.3, -0.25) is 4.79 Å². The molecule has 10 heteroatoms. The number of aliphatic imine (C=N–C) groups is 1. The third-order valence-corrected chi connectivity index (χ3v) is 6.18. The number of aromatic nitrogens is 1. The second-order valence-electron chi connectivity index (χ2n) is 7.70. The lowest BCUT2D eigenvalue weighted by Gasteiger charge is -2.15. The van der Waals surface area contributed by atoms with E-state index in [9.17, 15) is 13.6 Å². The van der Waals surface area contributed by atoms with Gasteiger partial charge in [-0.1, -0.05) is 25.3 Å². The third kappa shape index (κ3) is 7.27. The topological polar surface area (TPSA) is 93.4 Å². The summed E-state index contributed by atoms with van der Waals surface area (Å²) < 4.78 is 26.4. The van der Waals surface area contributed by atoms with E-state index >= 15 is 0 Å². The number of carbonyl (C=O) groups excluding carboxylic acids is 1. The summed E-state index contributed by atoms with van der Waals surface area (Å²) in [5.74, 6) is -1.06. The molecule has 3 heterocycles. The summed E-state index contributed by atoms with van der Waals surface area (Å²) in [6, 6.07) is 5.83. The molecule has 0 bridgehead atoms. The number of nitrogens with one attached hydrogen (secondary N) is 2. The van der Waals surface area contributed by atoms with Crippen molar-refractivity contribution in [3.05, 3.63) is 46.4 Å². The molecule has 1 amide bonds. The largest absolute Gasteiger partial charge is 0.355 e. The average Bonchev–Trinajstić information content (AvgIpc) is 3.44. The molecule has 2 N–H and O–H groups in total. The Morgan fingerprint density at radius 1 is 1.28 bits per heavy atom. The third-order valence-electron chi connectivity index (χ3n) is 5.32. The molecule has 0 aliphatic carbocycles. The number of hydrogen-bond acceptors (Lipinski definition) is 5. The molecule has 0 spiro atoms.